The summed E-state index contributed by atoms with van der Waals surface area (Å²) in [5.74, 6) is 0. The lowest BCUT2D eigenvalue weighted by Crippen LogP contribution is -2.00. The molecule has 1 saturated heterocycles. The highest BCUT2D eigenvalue weighted by Crippen LogP contribution is 2.21. The summed E-state index contributed by atoms with van der Waals surface area (Å²) in [5, 5.41) is 0. The van der Waals surface area contributed by atoms with Gasteiger partial charge in [-0.1, -0.05) is 37.9 Å². The van der Waals surface area contributed by atoms with Crippen LogP contribution in [0.4, 0.5) is 0 Å². The van der Waals surface area contributed by atoms with Crippen LogP contribution in [0.2, 0.25) is 18.1 Å². The van der Waals surface area contributed by atoms with Crippen LogP contribution in [0.25, 0.3) is 0 Å². The summed E-state index contributed by atoms with van der Waals surface area (Å²) < 4.78 is 0. The van der Waals surface area contributed by atoms with Crippen molar-refractivity contribution in [2.45, 2.75) is 37.9 Å². The van der Waals surface area contributed by atoms with Crippen LogP contribution in [0.5, 0.6) is 0 Å². The molecule has 0 nitrogen and oxygen atoms in total. The standard InChI is InChI=1S/C6H14Si/c1-2-7-5-3-4-6-7/h7H,2-6H2,1H3. The average Bonchev–Trinajstić information content (AvgIpc) is 2.14. The Hall–Kier alpha value is 0.217. The fourth-order valence-corrected chi connectivity index (χ4v) is 4.26. The Labute approximate surface area is 47.5 Å². The molecule has 1 fully saturated rings. The molecule has 0 bridgehead atoms. The van der Waals surface area contributed by atoms with Gasteiger partial charge in [-0.3, -0.25) is 0 Å². The molecule has 1 aliphatic rings. The molecule has 0 unspecified atom stereocenters. The van der Waals surface area contributed by atoms with Gasteiger partial charge in [0.15, 0.2) is 0 Å². The van der Waals surface area contributed by atoms with Gasteiger partial charge in [0.1, 0.15) is 0 Å². The maximum absolute atomic E-state index is 2.36. The Balaban J connectivity index is 2.14. The third-order valence-corrected chi connectivity index (χ3v) is 5.66. The molecule has 1 rings (SSSR count). The van der Waals surface area contributed by atoms with Gasteiger partial charge in [0.25, 0.3) is 0 Å². The van der Waals surface area contributed by atoms with E-state index in [-0.39, 0.29) is 8.80 Å². The minimum Gasteiger partial charge on any atom is -0.0680 e. The van der Waals surface area contributed by atoms with Crippen LogP contribution in [0.1, 0.15) is 19.8 Å². The molecular weight excluding hydrogens is 100 g/mol. The number of rotatable bonds is 1. The summed E-state index contributed by atoms with van der Waals surface area (Å²) in [6.07, 6.45) is 3.12. The van der Waals surface area contributed by atoms with Gasteiger partial charge in [-0.05, 0) is 0 Å². The van der Waals surface area contributed by atoms with E-state index in [1.54, 1.807) is 31.0 Å². The van der Waals surface area contributed by atoms with Crippen molar-refractivity contribution in [3.05, 3.63) is 0 Å². The Morgan fingerprint density at radius 1 is 1.29 bits per heavy atom. The fraction of sp³-hybridized carbons (Fsp3) is 1.00. The zero-order valence-electron chi connectivity index (χ0n) is 5.11. The van der Waals surface area contributed by atoms with E-state index in [2.05, 4.69) is 6.92 Å². The van der Waals surface area contributed by atoms with Gasteiger partial charge in [0.2, 0.25) is 0 Å². The first-order valence-electron chi connectivity index (χ1n) is 3.43. The molecule has 0 atom stereocenters. The van der Waals surface area contributed by atoms with Gasteiger partial charge >= 0.3 is 0 Å². The second-order valence-electron chi connectivity index (χ2n) is 2.56. The van der Waals surface area contributed by atoms with E-state index < -0.39 is 0 Å². The Morgan fingerprint density at radius 3 is 2.14 bits per heavy atom. The smallest absolute Gasteiger partial charge is 0.0365 e. The third-order valence-electron chi connectivity index (χ3n) is 2.05. The Morgan fingerprint density at radius 2 is 1.86 bits per heavy atom. The van der Waals surface area contributed by atoms with Crippen LogP contribution < -0.4 is 0 Å². The molecule has 0 spiro atoms. The van der Waals surface area contributed by atoms with E-state index in [1.807, 2.05) is 0 Å². The van der Waals surface area contributed by atoms with E-state index in [4.69, 9.17) is 0 Å². The second kappa shape index (κ2) is 2.51. The Bertz CT molecular complexity index is 46.1. The predicted molar refractivity (Wildman–Crippen MR) is 36.5 cm³/mol. The summed E-state index contributed by atoms with van der Waals surface area (Å²) in [6.45, 7) is 2.36. The first-order valence-corrected chi connectivity index (χ1v) is 5.88. The lowest BCUT2D eigenvalue weighted by Gasteiger charge is -1.97. The molecule has 7 heavy (non-hydrogen) atoms. The third kappa shape index (κ3) is 1.30. The molecule has 0 N–H and O–H groups in total. The van der Waals surface area contributed by atoms with Crippen LogP contribution >= 0.6 is 0 Å². The zero-order valence-corrected chi connectivity index (χ0v) is 6.27. The van der Waals surface area contributed by atoms with Gasteiger partial charge in [0.05, 0.1) is 0 Å². The molecule has 0 radical (unpaired) electrons. The van der Waals surface area contributed by atoms with Gasteiger partial charge < -0.3 is 0 Å². The highest BCUT2D eigenvalue weighted by molar-refractivity contribution is 6.59. The Kier molecular flexibility index (Phi) is 1.92. The molecule has 1 heterocycles. The van der Waals surface area contributed by atoms with E-state index in [9.17, 15) is 0 Å². The quantitative estimate of drug-likeness (QED) is 0.458. The van der Waals surface area contributed by atoms with Crippen molar-refractivity contribution in [2.24, 2.45) is 0 Å². The van der Waals surface area contributed by atoms with Crippen molar-refractivity contribution in [3.63, 3.8) is 0 Å². The molecule has 0 amide bonds. The summed E-state index contributed by atoms with van der Waals surface area (Å²) >= 11 is 0. The summed E-state index contributed by atoms with van der Waals surface area (Å²) in [6, 6.07) is 4.85. The molecule has 42 valence electrons. The lowest BCUT2D eigenvalue weighted by atomic mass is 10.4. The summed E-state index contributed by atoms with van der Waals surface area (Å²) in [5.41, 5.74) is 0. The van der Waals surface area contributed by atoms with Crippen molar-refractivity contribution >= 4 is 8.80 Å². The number of hydrogen-bond acceptors (Lipinski definition) is 0. The minimum absolute atomic E-state index is 0.0602. The molecule has 0 aromatic rings. The van der Waals surface area contributed by atoms with Crippen molar-refractivity contribution in [3.8, 4) is 0 Å². The van der Waals surface area contributed by atoms with Crippen molar-refractivity contribution < 1.29 is 0 Å². The van der Waals surface area contributed by atoms with Crippen LogP contribution in [0.3, 0.4) is 0 Å². The molecule has 0 aromatic carbocycles. The van der Waals surface area contributed by atoms with E-state index in [1.165, 1.54) is 0 Å². The van der Waals surface area contributed by atoms with Gasteiger partial charge in [-0.2, -0.15) is 0 Å². The highest BCUT2D eigenvalue weighted by atomic mass is 28.3. The second-order valence-corrected chi connectivity index (χ2v) is 6.26. The minimum atomic E-state index is -0.0602. The zero-order chi connectivity index (χ0) is 5.11. The molecule has 0 aromatic heterocycles. The first kappa shape index (κ1) is 5.36. The van der Waals surface area contributed by atoms with Crippen LogP contribution in [0, 0.1) is 0 Å². The lowest BCUT2D eigenvalue weighted by molar-refractivity contribution is 0.935. The van der Waals surface area contributed by atoms with Crippen LogP contribution in [-0.2, 0) is 0 Å². The molecular formula is C6H14Si. The van der Waals surface area contributed by atoms with Gasteiger partial charge in [-0.25, -0.2) is 0 Å². The van der Waals surface area contributed by atoms with Crippen LogP contribution in [0.15, 0.2) is 0 Å². The molecule has 0 saturated carbocycles. The SMILES string of the molecule is CC[SiH]1CCCC1. The maximum atomic E-state index is 2.36. The highest BCUT2D eigenvalue weighted by Gasteiger charge is 2.12. The molecule has 1 aliphatic heterocycles. The monoisotopic (exact) mass is 114 g/mol. The fourth-order valence-electron chi connectivity index (χ4n) is 1.42. The van der Waals surface area contributed by atoms with E-state index in [0.717, 1.165) is 0 Å². The first-order chi connectivity index (χ1) is 3.43. The molecule has 1 heteroatoms. The molecule has 0 aliphatic carbocycles. The van der Waals surface area contributed by atoms with E-state index in [0.29, 0.717) is 0 Å². The number of hydrogen-bond donors (Lipinski definition) is 0. The van der Waals surface area contributed by atoms with Crippen molar-refractivity contribution in [2.75, 3.05) is 0 Å². The normalized spacial score (nSPS) is 23.6. The largest absolute Gasteiger partial charge is 0.0680 e. The van der Waals surface area contributed by atoms with Crippen molar-refractivity contribution in [1.82, 2.24) is 0 Å². The van der Waals surface area contributed by atoms with Crippen molar-refractivity contribution in [1.29, 1.82) is 0 Å². The van der Waals surface area contributed by atoms with Crippen LogP contribution in [-0.4, -0.2) is 8.80 Å². The van der Waals surface area contributed by atoms with Gasteiger partial charge in [-0.15, -0.1) is 0 Å². The maximum Gasteiger partial charge on any atom is 0.0365 e. The van der Waals surface area contributed by atoms with Gasteiger partial charge in [0, 0.05) is 8.80 Å². The topological polar surface area (TPSA) is 0 Å². The summed E-state index contributed by atoms with van der Waals surface area (Å²) in [4.78, 5) is 0. The summed E-state index contributed by atoms with van der Waals surface area (Å²) in [7, 11) is -0.0602. The van der Waals surface area contributed by atoms with E-state index >= 15 is 0 Å². The average molecular weight is 114 g/mol. The predicted octanol–water partition coefficient (Wildman–Crippen LogP) is 2.03.